The highest BCUT2D eigenvalue weighted by atomic mass is 16.5. The van der Waals surface area contributed by atoms with Crippen molar-refractivity contribution in [3.8, 4) is 0 Å². The Morgan fingerprint density at radius 1 is 1.03 bits per heavy atom. The number of ether oxygens (including phenoxy) is 1. The van der Waals surface area contributed by atoms with Gasteiger partial charge < -0.3 is 15.4 Å². The summed E-state index contributed by atoms with van der Waals surface area (Å²) in [7, 11) is 0. The smallest absolute Gasteiger partial charge is 0.340 e. The zero-order chi connectivity index (χ0) is 20.9. The van der Waals surface area contributed by atoms with Crippen molar-refractivity contribution in [3.05, 3.63) is 65.9 Å². The quantitative estimate of drug-likeness (QED) is 0.582. The maximum Gasteiger partial charge on any atom is 0.340 e. The van der Waals surface area contributed by atoms with Crippen LogP contribution in [0.25, 0.3) is 0 Å². The fraction of sp³-hybridized carbons (Fsp3) is 0.273. The molecule has 1 heterocycles. The second-order valence-electron chi connectivity index (χ2n) is 7.51. The van der Waals surface area contributed by atoms with Crippen LogP contribution in [-0.2, 0) is 10.2 Å². The van der Waals surface area contributed by atoms with E-state index in [4.69, 9.17) is 4.74 Å². The van der Waals surface area contributed by atoms with Crippen LogP contribution in [0.1, 0.15) is 43.6 Å². The monoisotopic (exact) mass is 391 g/mol. The second-order valence-corrected chi connectivity index (χ2v) is 7.51. The molecule has 0 aliphatic heterocycles. The van der Waals surface area contributed by atoms with Gasteiger partial charge in [0.05, 0.1) is 24.1 Å². The van der Waals surface area contributed by atoms with E-state index >= 15 is 0 Å². The first-order chi connectivity index (χ1) is 13.9. The summed E-state index contributed by atoms with van der Waals surface area (Å²) in [5.41, 5.74) is 3.21. The lowest BCUT2D eigenvalue weighted by Crippen LogP contribution is -2.10. The molecular weight excluding hydrogens is 366 g/mol. The fourth-order valence-electron chi connectivity index (χ4n) is 2.72. The van der Waals surface area contributed by atoms with E-state index in [-0.39, 0.29) is 11.4 Å². The Balaban J connectivity index is 1.76. The topological polar surface area (TPSA) is 89.0 Å². The van der Waals surface area contributed by atoms with Gasteiger partial charge in [0.1, 0.15) is 0 Å². The molecule has 7 nitrogen and oxygen atoms in total. The van der Waals surface area contributed by atoms with E-state index in [2.05, 4.69) is 58.7 Å². The van der Waals surface area contributed by atoms with Crippen molar-refractivity contribution in [2.24, 2.45) is 0 Å². The van der Waals surface area contributed by atoms with Crippen molar-refractivity contribution < 1.29 is 9.53 Å². The maximum atomic E-state index is 12.1. The molecule has 0 atom stereocenters. The average Bonchev–Trinajstić information content (AvgIpc) is 2.68. The number of esters is 1. The minimum atomic E-state index is -0.406. The van der Waals surface area contributed by atoms with E-state index in [1.807, 2.05) is 18.2 Å². The number of nitrogens with zero attached hydrogens (tertiary/aromatic N) is 3. The number of rotatable bonds is 6. The zero-order valence-corrected chi connectivity index (χ0v) is 17.1. The minimum Gasteiger partial charge on any atom is -0.462 e. The highest BCUT2D eigenvalue weighted by Gasteiger charge is 2.14. The van der Waals surface area contributed by atoms with Crippen LogP contribution in [0.5, 0.6) is 0 Å². The summed E-state index contributed by atoms with van der Waals surface area (Å²) in [6.45, 7) is 8.60. The molecule has 3 rings (SSSR count). The Morgan fingerprint density at radius 2 is 1.76 bits per heavy atom. The number of carbonyl (C=O) groups is 1. The van der Waals surface area contributed by atoms with Crippen molar-refractivity contribution in [1.29, 1.82) is 0 Å². The molecule has 0 aliphatic rings. The zero-order valence-electron chi connectivity index (χ0n) is 17.1. The summed E-state index contributed by atoms with van der Waals surface area (Å²) in [5.74, 6) is 0.412. The number of benzene rings is 2. The van der Waals surface area contributed by atoms with Crippen LogP contribution in [0.15, 0.2) is 54.7 Å². The molecule has 2 aromatic carbocycles. The highest BCUT2D eigenvalue weighted by Crippen LogP contribution is 2.25. The van der Waals surface area contributed by atoms with E-state index in [9.17, 15) is 4.79 Å². The first-order valence-corrected chi connectivity index (χ1v) is 9.47. The van der Waals surface area contributed by atoms with Crippen molar-refractivity contribution in [3.63, 3.8) is 0 Å². The molecule has 0 saturated carbocycles. The van der Waals surface area contributed by atoms with Crippen LogP contribution in [0.4, 0.5) is 23.1 Å². The number of carbonyl (C=O) groups excluding carboxylic acids is 1. The third-order valence-corrected chi connectivity index (χ3v) is 4.25. The van der Waals surface area contributed by atoms with Gasteiger partial charge in [-0.25, -0.2) is 4.79 Å². The third-order valence-electron chi connectivity index (χ3n) is 4.25. The van der Waals surface area contributed by atoms with E-state index in [0.29, 0.717) is 23.7 Å². The molecule has 2 N–H and O–H groups in total. The van der Waals surface area contributed by atoms with Gasteiger partial charge in [-0.3, -0.25) is 0 Å². The SMILES string of the molecule is CCOC(=O)c1ccccc1Nc1nncc(Nc2ccc(C(C)(C)C)cc2)n1. The van der Waals surface area contributed by atoms with Gasteiger partial charge in [0.25, 0.3) is 0 Å². The van der Waals surface area contributed by atoms with Crippen LogP contribution >= 0.6 is 0 Å². The summed E-state index contributed by atoms with van der Waals surface area (Å²) in [4.78, 5) is 16.6. The van der Waals surface area contributed by atoms with Crippen LogP contribution < -0.4 is 10.6 Å². The normalized spacial score (nSPS) is 11.0. The Morgan fingerprint density at radius 3 is 2.45 bits per heavy atom. The largest absolute Gasteiger partial charge is 0.462 e. The molecular formula is C22H25N5O2. The average molecular weight is 391 g/mol. The lowest BCUT2D eigenvalue weighted by Gasteiger charge is -2.19. The molecule has 0 fully saturated rings. The molecule has 29 heavy (non-hydrogen) atoms. The number of anilines is 4. The summed E-state index contributed by atoms with van der Waals surface area (Å²) >= 11 is 0. The summed E-state index contributed by atoms with van der Waals surface area (Å²) < 4.78 is 5.09. The van der Waals surface area contributed by atoms with Gasteiger partial charge in [-0.15, -0.1) is 5.10 Å². The van der Waals surface area contributed by atoms with Gasteiger partial charge in [0, 0.05) is 5.69 Å². The number of hydrogen-bond acceptors (Lipinski definition) is 7. The predicted octanol–water partition coefficient (Wildman–Crippen LogP) is 4.83. The van der Waals surface area contributed by atoms with Gasteiger partial charge in [0.15, 0.2) is 5.82 Å². The Labute approximate surface area is 170 Å². The van der Waals surface area contributed by atoms with Crippen molar-refractivity contribution in [1.82, 2.24) is 15.2 Å². The molecule has 0 amide bonds. The molecule has 0 unspecified atom stereocenters. The van der Waals surface area contributed by atoms with Crippen molar-refractivity contribution >= 4 is 29.1 Å². The molecule has 7 heteroatoms. The predicted molar refractivity (Wildman–Crippen MR) is 114 cm³/mol. The molecule has 0 spiro atoms. The van der Waals surface area contributed by atoms with Gasteiger partial charge >= 0.3 is 5.97 Å². The lowest BCUT2D eigenvalue weighted by atomic mass is 9.87. The summed E-state index contributed by atoms with van der Waals surface area (Å²) in [6, 6.07) is 15.2. The van der Waals surface area contributed by atoms with Crippen LogP contribution in [0, 0.1) is 0 Å². The molecule has 3 aromatic rings. The third kappa shape index (κ3) is 5.28. The maximum absolute atomic E-state index is 12.1. The van der Waals surface area contributed by atoms with Crippen LogP contribution in [-0.4, -0.2) is 27.8 Å². The summed E-state index contributed by atoms with van der Waals surface area (Å²) in [5, 5.41) is 14.3. The van der Waals surface area contributed by atoms with E-state index in [1.54, 1.807) is 31.3 Å². The van der Waals surface area contributed by atoms with E-state index in [0.717, 1.165) is 5.69 Å². The van der Waals surface area contributed by atoms with Gasteiger partial charge in [0.2, 0.25) is 5.95 Å². The van der Waals surface area contributed by atoms with Gasteiger partial charge in [-0.05, 0) is 42.2 Å². The molecule has 0 aliphatic carbocycles. The van der Waals surface area contributed by atoms with E-state index < -0.39 is 5.97 Å². The summed E-state index contributed by atoms with van der Waals surface area (Å²) in [6.07, 6.45) is 1.54. The molecule has 150 valence electrons. The van der Waals surface area contributed by atoms with E-state index in [1.165, 1.54) is 5.56 Å². The van der Waals surface area contributed by atoms with Crippen LogP contribution in [0.2, 0.25) is 0 Å². The second kappa shape index (κ2) is 8.68. The number of nitrogens with one attached hydrogen (secondary N) is 2. The van der Waals surface area contributed by atoms with Crippen molar-refractivity contribution in [2.45, 2.75) is 33.1 Å². The number of aromatic nitrogens is 3. The molecule has 0 radical (unpaired) electrons. The Kier molecular flexibility index (Phi) is 6.07. The first kappa shape index (κ1) is 20.3. The Hall–Kier alpha value is -3.48. The molecule has 0 bridgehead atoms. The molecule has 0 saturated heterocycles. The highest BCUT2D eigenvalue weighted by molar-refractivity contribution is 5.96. The Bertz CT molecular complexity index is 981. The first-order valence-electron chi connectivity index (χ1n) is 9.47. The number of hydrogen-bond donors (Lipinski definition) is 2. The van der Waals surface area contributed by atoms with Gasteiger partial charge in [-0.1, -0.05) is 45.0 Å². The van der Waals surface area contributed by atoms with Crippen LogP contribution in [0.3, 0.4) is 0 Å². The number of para-hydroxylation sites is 1. The standard InChI is InChI=1S/C22H25N5O2/c1-5-29-20(28)17-8-6-7-9-18(17)25-21-26-19(14-23-27-21)24-16-12-10-15(11-13-16)22(2,3)4/h6-14H,5H2,1-4H3,(H2,24,25,26,27). The van der Waals surface area contributed by atoms with Gasteiger partial charge in [-0.2, -0.15) is 10.1 Å². The van der Waals surface area contributed by atoms with Crippen molar-refractivity contribution in [2.75, 3.05) is 17.2 Å². The molecule has 1 aromatic heterocycles. The fourth-order valence-corrected chi connectivity index (χ4v) is 2.72. The minimum absolute atomic E-state index is 0.0956. The lowest BCUT2D eigenvalue weighted by molar-refractivity contribution is 0.0527.